The second-order valence-electron chi connectivity index (χ2n) is 21.8. The van der Waals surface area contributed by atoms with Crippen molar-refractivity contribution in [2.24, 2.45) is 34.4 Å². The molecule has 0 aromatic heterocycles. The highest BCUT2D eigenvalue weighted by atomic mass is 127. The first kappa shape index (κ1) is 80.5. The van der Waals surface area contributed by atoms with Crippen LogP contribution in [0.3, 0.4) is 0 Å². The van der Waals surface area contributed by atoms with Crippen molar-refractivity contribution in [3.05, 3.63) is 198 Å². The molecule has 2 unspecified atom stereocenters. The standard InChI is InChI=1S/C10H13FO3.2C10H13FO2.C10H13FO.C9H10FIN2.C9H11FO3.C9H11FO2/c1-5(2)10(14)6-3-7(12)9(11)8(13)4-6;1-6(2)10(13)8-5-7(12)3-4-9(8)11;1-6(2)10(13)7-3-4-8(11)9(12)5-7;1-7(2)10(12)8-3-5-9(11)6-4-8;1-6(12)13-5-7-2-3-8(10)9(11)4-7;1-2-7(11)5-3-8(12)9(13)4-6(5)10;1-2-3-6-4-8(11)9(12)5-7(6)10/h3-5,10,12-14H,1-2H3;2*3-6,10,12-13H,1-2H3;3-7,10,12H,1-2H3;2-4H,5H2,1H3,(H2,12,13);3-4,7,11-13H,2H2,1H3;4-5,11-12H,2-3H2,1H3/t;2*10-;;;7-;/m.00..0./s1/i4*11-1;3*10-1. The number of hydrogen-bond acceptors (Lipinski definition) is 14. The second kappa shape index (κ2) is 39.6. The van der Waals surface area contributed by atoms with Crippen molar-refractivity contribution >= 4 is 28.4 Å². The number of phenolic OH excluding ortho intramolecular Hbond substituents is 8. The number of benzene rings is 7. The third-order valence-corrected chi connectivity index (χ3v) is 13.6. The van der Waals surface area contributed by atoms with Gasteiger partial charge in [0.05, 0.1) is 42.9 Å². The van der Waals surface area contributed by atoms with Gasteiger partial charge in [0.2, 0.25) is 5.82 Å². The van der Waals surface area contributed by atoms with Gasteiger partial charge < -0.3 is 72.1 Å². The van der Waals surface area contributed by atoms with Gasteiger partial charge >= 0.3 is 0 Å². The Hall–Kier alpha value is -7.55. The molecule has 23 heteroatoms. The summed E-state index contributed by atoms with van der Waals surface area (Å²) < 4.78 is 90.4. The Bertz CT molecular complexity index is 3310. The van der Waals surface area contributed by atoms with Crippen molar-refractivity contribution < 1.29 is 97.1 Å². The summed E-state index contributed by atoms with van der Waals surface area (Å²) in [5, 5.41) is 120. The van der Waals surface area contributed by atoms with Crippen LogP contribution in [0.15, 0.2) is 120 Å². The quantitative estimate of drug-likeness (QED) is 0.0158. The minimum absolute atomic E-state index is 0.00204. The number of aliphatic hydroxyl groups is 5. The maximum absolute atomic E-state index is 13.1. The van der Waals surface area contributed by atoms with Crippen molar-refractivity contribution in [3.8, 4) is 46.0 Å². The van der Waals surface area contributed by atoms with Gasteiger partial charge in [-0.25, -0.2) is 26.3 Å². The minimum Gasteiger partial charge on any atom is -0.508 e. The first-order valence-electron chi connectivity index (χ1n) is 28.3. The highest BCUT2D eigenvalue weighted by Crippen LogP contribution is 2.34. The van der Waals surface area contributed by atoms with Gasteiger partial charge in [-0.15, -0.1) is 0 Å². The van der Waals surface area contributed by atoms with Gasteiger partial charge in [0, 0.05) is 26.8 Å². The van der Waals surface area contributed by atoms with E-state index in [9.17, 15) is 56.3 Å². The fourth-order valence-electron chi connectivity index (χ4n) is 7.38. The predicted octanol–water partition coefficient (Wildman–Crippen LogP) is 15.1. The predicted molar refractivity (Wildman–Crippen MR) is 340 cm³/mol. The fraction of sp³-hybridized carbons (Fsp3) is 0.358. The Morgan fingerprint density at radius 3 is 1.37 bits per heavy atom. The van der Waals surface area contributed by atoms with Crippen LogP contribution in [0.25, 0.3) is 0 Å². The Labute approximate surface area is 534 Å². The van der Waals surface area contributed by atoms with Crippen molar-refractivity contribution in [1.29, 1.82) is 0 Å². The van der Waals surface area contributed by atoms with Gasteiger partial charge in [0.25, 0.3) is 0 Å². The first-order chi connectivity index (χ1) is 41.9. The molecule has 7 rings (SSSR count). The SMILES string of the molecule is CC(C)C(O)c1cc(O)c([18F])c(O)c1.CC(C)C(O)c1ccc([18F])cc1.CC(C)[C@H](O)c1cc(O)ccc1[18F].CC(C)[C@H](O)c1ccc([18F])c(O)c1.CC(N)=NCc1ccc([18F])c(I)c1.CCCc1cc(O)c(O)cc1[18F].CC[C@H](O)c1cc(O)c(O)cc1[18F]. The Morgan fingerprint density at radius 1 is 0.444 bits per heavy atom. The topological polar surface area (TPSA) is 301 Å². The lowest BCUT2D eigenvalue weighted by molar-refractivity contribution is 0.122. The van der Waals surface area contributed by atoms with Crippen LogP contribution in [0.5, 0.6) is 46.0 Å². The molecular weight excluding hydrogens is 1290 g/mol. The summed E-state index contributed by atoms with van der Waals surface area (Å²) in [6, 6.07) is 24.6. The minimum atomic E-state index is -1.07. The molecule has 0 spiro atoms. The number of rotatable bonds is 14. The lowest BCUT2D eigenvalue weighted by Gasteiger charge is -2.15. The first-order valence-corrected chi connectivity index (χ1v) is 29.4. The number of nitrogens with zero attached hydrogens (tertiary/aromatic N) is 1. The summed E-state index contributed by atoms with van der Waals surface area (Å²) in [6.45, 7) is 20.5. The zero-order valence-electron chi connectivity index (χ0n) is 51.9. The van der Waals surface area contributed by atoms with E-state index in [1.165, 1.54) is 48.5 Å². The summed E-state index contributed by atoms with van der Waals surface area (Å²) in [4.78, 5) is 4.03. The monoisotopic (exact) mass is 1380 g/mol. The fourth-order valence-corrected chi connectivity index (χ4v) is 7.96. The summed E-state index contributed by atoms with van der Waals surface area (Å²) >= 11 is 1.95. The van der Waals surface area contributed by atoms with Crippen LogP contribution in [0.1, 0.15) is 158 Å². The molecule has 0 aliphatic rings. The number of halogens is 8. The van der Waals surface area contributed by atoms with E-state index in [1.54, 1.807) is 65.8 Å². The molecule has 0 radical (unpaired) electrons. The molecule has 15 nitrogen and oxygen atoms in total. The zero-order valence-corrected chi connectivity index (χ0v) is 54.0. The van der Waals surface area contributed by atoms with Gasteiger partial charge in [-0.05, 0) is 173 Å². The molecule has 0 fully saturated rings. The van der Waals surface area contributed by atoms with E-state index in [1.807, 2.05) is 57.2 Å². The Kier molecular flexibility index (Phi) is 35.4. The molecule has 0 aliphatic carbocycles. The van der Waals surface area contributed by atoms with Crippen molar-refractivity contribution in [1.82, 2.24) is 0 Å². The van der Waals surface area contributed by atoms with E-state index in [0.717, 1.165) is 60.0 Å². The van der Waals surface area contributed by atoms with Gasteiger partial charge in [-0.1, -0.05) is 99.9 Å². The normalized spacial score (nSPS) is 12.6. The molecule has 0 saturated heterocycles. The largest absolute Gasteiger partial charge is 0.508 e. The number of hydrogen-bond donors (Lipinski definition) is 14. The lowest BCUT2D eigenvalue weighted by atomic mass is 9.98. The van der Waals surface area contributed by atoms with Crippen LogP contribution < -0.4 is 5.73 Å². The second-order valence-corrected chi connectivity index (χ2v) is 22.9. The number of aliphatic imine (C=N–C) groups is 1. The molecule has 7 aromatic rings. The highest BCUT2D eigenvalue weighted by Gasteiger charge is 2.20. The maximum Gasteiger partial charge on any atom is 0.206 e. The van der Waals surface area contributed by atoms with Gasteiger partial charge in [-0.2, -0.15) is 4.39 Å². The average Bonchev–Trinajstić information content (AvgIpc) is 1.13. The lowest BCUT2D eigenvalue weighted by Crippen LogP contribution is -2.07. The molecule has 90 heavy (non-hydrogen) atoms. The highest BCUT2D eigenvalue weighted by molar-refractivity contribution is 14.1. The van der Waals surface area contributed by atoms with Crippen LogP contribution in [-0.4, -0.2) is 72.2 Å². The number of amidine groups is 1. The smallest absolute Gasteiger partial charge is 0.206 e. The Morgan fingerprint density at radius 2 is 0.889 bits per heavy atom. The number of aliphatic hydroxyl groups excluding tert-OH is 5. The van der Waals surface area contributed by atoms with Crippen molar-refractivity contribution in [3.63, 3.8) is 0 Å². The van der Waals surface area contributed by atoms with Gasteiger partial charge in [0.1, 0.15) is 34.8 Å². The molecule has 0 heterocycles. The zero-order chi connectivity index (χ0) is 69.0. The van der Waals surface area contributed by atoms with E-state index in [2.05, 4.69) is 4.99 Å². The van der Waals surface area contributed by atoms with Crippen LogP contribution in [-0.2, 0) is 13.0 Å². The van der Waals surface area contributed by atoms with Gasteiger partial charge in [0.15, 0.2) is 46.1 Å². The molecule has 0 aliphatic heterocycles. The van der Waals surface area contributed by atoms with Crippen LogP contribution in [0.4, 0.5) is 30.7 Å². The molecule has 0 saturated carbocycles. The number of aromatic hydroxyl groups is 8. The molecule has 0 bridgehead atoms. The number of nitrogens with two attached hydrogens (primary N) is 1. The van der Waals surface area contributed by atoms with Crippen molar-refractivity contribution in [2.75, 3.05) is 0 Å². The van der Waals surface area contributed by atoms with E-state index >= 15 is 0 Å². The third kappa shape index (κ3) is 27.7. The van der Waals surface area contributed by atoms with Crippen LogP contribution in [0.2, 0.25) is 0 Å². The van der Waals surface area contributed by atoms with E-state index in [-0.39, 0.29) is 57.9 Å². The van der Waals surface area contributed by atoms with E-state index in [4.69, 9.17) is 46.6 Å². The summed E-state index contributed by atoms with van der Waals surface area (Å²) in [5.74, 6) is -6.64. The van der Waals surface area contributed by atoms with Crippen molar-refractivity contribution in [2.45, 2.75) is 132 Å². The molecule has 496 valence electrons. The summed E-state index contributed by atoms with van der Waals surface area (Å²) in [5.41, 5.74) is 8.54. The van der Waals surface area contributed by atoms with Crippen LogP contribution >= 0.6 is 22.6 Å². The number of aryl methyl sites for hydroxylation is 1. The van der Waals surface area contributed by atoms with Gasteiger partial charge in [-0.3, -0.25) is 4.99 Å². The maximum atomic E-state index is 13.1. The van der Waals surface area contributed by atoms with E-state index in [0.29, 0.717) is 45.5 Å². The number of phenols is 8. The molecule has 7 aromatic carbocycles. The molecule has 0 amide bonds. The van der Waals surface area contributed by atoms with E-state index < -0.39 is 94.1 Å². The van der Waals surface area contributed by atoms with Crippen LogP contribution in [0, 0.1) is 68.0 Å². The average molecular weight is 1380 g/mol. The molecular formula is C67H84F7IN2O13. The third-order valence-electron chi connectivity index (χ3n) is 12.7. The Balaban J connectivity index is 0.000000525. The molecule has 15 N–H and O–H groups in total. The summed E-state index contributed by atoms with van der Waals surface area (Å²) in [7, 11) is 0. The summed E-state index contributed by atoms with van der Waals surface area (Å²) in [6.07, 6.45) is -2.08. The molecule has 5 atom stereocenters.